The standard InChI is InChI=1S/C18H29NO2/c1-5-7-10-19(6-2)17(13-18(20)21)12-16-11-14(3)8-9-15(16)4/h8-9,11,17H,5-7,10,12-13H2,1-4H3,(H,20,21). The number of unbranched alkanes of at least 4 members (excludes halogenated alkanes) is 1. The van der Waals surface area contributed by atoms with Gasteiger partial charge >= 0.3 is 5.97 Å². The van der Waals surface area contributed by atoms with Crippen LogP contribution in [-0.2, 0) is 11.2 Å². The third kappa shape index (κ3) is 5.88. The number of aliphatic carboxylic acids is 1. The van der Waals surface area contributed by atoms with Crippen molar-refractivity contribution in [3.63, 3.8) is 0 Å². The lowest BCUT2D eigenvalue weighted by molar-refractivity contribution is -0.138. The van der Waals surface area contributed by atoms with Crippen LogP contribution in [0.4, 0.5) is 0 Å². The highest BCUT2D eigenvalue weighted by atomic mass is 16.4. The van der Waals surface area contributed by atoms with Crippen LogP contribution in [0.5, 0.6) is 0 Å². The Labute approximate surface area is 129 Å². The molecule has 3 heteroatoms. The van der Waals surface area contributed by atoms with E-state index in [1.54, 1.807) is 0 Å². The monoisotopic (exact) mass is 291 g/mol. The van der Waals surface area contributed by atoms with Crippen LogP contribution in [0, 0.1) is 13.8 Å². The molecule has 0 spiro atoms. The van der Waals surface area contributed by atoms with Crippen molar-refractivity contribution in [2.45, 2.75) is 59.4 Å². The van der Waals surface area contributed by atoms with E-state index in [-0.39, 0.29) is 12.5 Å². The summed E-state index contributed by atoms with van der Waals surface area (Å²) >= 11 is 0. The minimum atomic E-state index is -0.708. The molecule has 0 heterocycles. The average Bonchev–Trinajstić information content (AvgIpc) is 2.43. The zero-order valence-electron chi connectivity index (χ0n) is 13.9. The molecule has 1 rings (SSSR count). The molecule has 0 amide bonds. The molecule has 0 aliphatic heterocycles. The molecule has 0 aliphatic rings. The molecule has 1 aromatic rings. The van der Waals surface area contributed by atoms with Crippen molar-refractivity contribution >= 4 is 5.97 Å². The molecule has 0 bridgehead atoms. The first kappa shape index (κ1) is 17.7. The number of hydrogen-bond acceptors (Lipinski definition) is 2. The summed E-state index contributed by atoms with van der Waals surface area (Å²) in [6.07, 6.45) is 3.29. The summed E-state index contributed by atoms with van der Waals surface area (Å²) in [6, 6.07) is 6.52. The second kappa shape index (κ2) is 8.83. The van der Waals surface area contributed by atoms with Gasteiger partial charge in [0, 0.05) is 6.04 Å². The molecule has 0 aliphatic carbocycles. The van der Waals surface area contributed by atoms with Gasteiger partial charge in [-0.25, -0.2) is 0 Å². The SMILES string of the molecule is CCCCN(CC)C(CC(=O)O)Cc1cc(C)ccc1C. The third-order valence-corrected chi connectivity index (χ3v) is 4.09. The van der Waals surface area contributed by atoms with E-state index in [2.05, 4.69) is 50.8 Å². The van der Waals surface area contributed by atoms with Crippen LogP contribution >= 0.6 is 0 Å². The Morgan fingerprint density at radius 1 is 1.29 bits per heavy atom. The Morgan fingerprint density at radius 3 is 2.57 bits per heavy atom. The second-order valence-corrected chi connectivity index (χ2v) is 5.87. The lowest BCUT2D eigenvalue weighted by Gasteiger charge is -2.30. The first-order valence-corrected chi connectivity index (χ1v) is 7.99. The van der Waals surface area contributed by atoms with Gasteiger partial charge in [0.05, 0.1) is 6.42 Å². The van der Waals surface area contributed by atoms with Crippen molar-refractivity contribution in [3.8, 4) is 0 Å². The Bertz CT molecular complexity index is 457. The highest BCUT2D eigenvalue weighted by molar-refractivity contribution is 5.67. The molecule has 0 saturated heterocycles. The molecular weight excluding hydrogens is 262 g/mol. The van der Waals surface area contributed by atoms with Crippen molar-refractivity contribution in [3.05, 3.63) is 34.9 Å². The Kier molecular flexibility index (Phi) is 7.44. The van der Waals surface area contributed by atoms with Gasteiger partial charge in [0.1, 0.15) is 0 Å². The van der Waals surface area contributed by atoms with E-state index in [9.17, 15) is 9.90 Å². The van der Waals surface area contributed by atoms with E-state index in [1.807, 2.05) is 0 Å². The molecule has 0 saturated carbocycles. The molecule has 1 aromatic carbocycles. The van der Waals surface area contributed by atoms with Gasteiger partial charge in [0.25, 0.3) is 0 Å². The zero-order chi connectivity index (χ0) is 15.8. The van der Waals surface area contributed by atoms with Gasteiger partial charge in [0.15, 0.2) is 0 Å². The summed E-state index contributed by atoms with van der Waals surface area (Å²) in [5.41, 5.74) is 3.76. The van der Waals surface area contributed by atoms with Crippen LogP contribution in [0.3, 0.4) is 0 Å². The lowest BCUT2D eigenvalue weighted by Crippen LogP contribution is -2.39. The summed E-state index contributed by atoms with van der Waals surface area (Å²) in [7, 11) is 0. The number of carboxylic acids is 1. The van der Waals surface area contributed by atoms with E-state index in [1.165, 1.54) is 16.7 Å². The van der Waals surface area contributed by atoms with Crippen molar-refractivity contribution in [1.29, 1.82) is 0 Å². The summed E-state index contributed by atoms with van der Waals surface area (Å²) in [5.74, 6) is -0.708. The molecule has 3 nitrogen and oxygen atoms in total. The molecule has 1 N–H and O–H groups in total. The number of benzene rings is 1. The fourth-order valence-electron chi connectivity index (χ4n) is 2.77. The van der Waals surface area contributed by atoms with Gasteiger partial charge in [-0.2, -0.15) is 0 Å². The van der Waals surface area contributed by atoms with E-state index in [4.69, 9.17) is 0 Å². The molecule has 0 fully saturated rings. The topological polar surface area (TPSA) is 40.5 Å². The molecule has 1 atom stereocenters. The maximum Gasteiger partial charge on any atom is 0.304 e. The lowest BCUT2D eigenvalue weighted by atomic mass is 9.96. The van der Waals surface area contributed by atoms with Crippen LogP contribution in [0.2, 0.25) is 0 Å². The van der Waals surface area contributed by atoms with Gasteiger partial charge in [0.2, 0.25) is 0 Å². The predicted molar refractivity (Wildman–Crippen MR) is 87.8 cm³/mol. The quantitative estimate of drug-likeness (QED) is 0.752. The Balaban J connectivity index is 2.90. The number of hydrogen-bond donors (Lipinski definition) is 1. The Hall–Kier alpha value is -1.35. The van der Waals surface area contributed by atoms with Gasteiger partial charge in [-0.1, -0.05) is 44.0 Å². The van der Waals surface area contributed by atoms with Gasteiger partial charge < -0.3 is 5.11 Å². The van der Waals surface area contributed by atoms with Crippen molar-refractivity contribution in [1.82, 2.24) is 4.90 Å². The van der Waals surface area contributed by atoms with Crippen molar-refractivity contribution in [2.75, 3.05) is 13.1 Å². The minimum Gasteiger partial charge on any atom is -0.481 e. The van der Waals surface area contributed by atoms with Crippen LogP contribution in [0.15, 0.2) is 18.2 Å². The number of nitrogens with zero attached hydrogens (tertiary/aromatic N) is 1. The maximum atomic E-state index is 11.2. The Morgan fingerprint density at radius 2 is 2.00 bits per heavy atom. The highest BCUT2D eigenvalue weighted by Gasteiger charge is 2.21. The number of aryl methyl sites for hydroxylation is 2. The second-order valence-electron chi connectivity index (χ2n) is 5.87. The summed E-state index contributed by atoms with van der Waals surface area (Å²) < 4.78 is 0. The summed E-state index contributed by atoms with van der Waals surface area (Å²) in [5, 5.41) is 9.23. The van der Waals surface area contributed by atoms with Crippen LogP contribution in [-0.4, -0.2) is 35.1 Å². The van der Waals surface area contributed by atoms with Crippen LogP contribution < -0.4 is 0 Å². The average molecular weight is 291 g/mol. The van der Waals surface area contributed by atoms with Crippen LogP contribution in [0.25, 0.3) is 0 Å². The van der Waals surface area contributed by atoms with Gasteiger partial charge in [-0.3, -0.25) is 9.69 Å². The van der Waals surface area contributed by atoms with E-state index >= 15 is 0 Å². The number of rotatable bonds is 9. The van der Waals surface area contributed by atoms with Crippen LogP contribution in [0.1, 0.15) is 49.8 Å². The smallest absolute Gasteiger partial charge is 0.304 e. The van der Waals surface area contributed by atoms with Gasteiger partial charge in [-0.15, -0.1) is 0 Å². The summed E-state index contributed by atoms with van der Waals surface area (Å²) in [4.78, 5) is 13.5. The molecular formula is C18H29NO2. The fourth-order valence-corrected chi connectivity index (χ4v) is 2.77. The van der Waals surface area contributed by atoms with E-state index < -0.39 is 5.97 Å². The maximum absolute atomic E-state index is 11.2. The largest absolute Gasteiger partial charge is 0.481 e. The normalized spacial score (nSPS) is 12.6. The number of carbonyl (C=O) groups is 1. The molecule has 118 valence electrons. The van der Waals surface area contributed by atoms with Gasteiger partial charge in [-0.05, 0) is 50.9 Å². The molecule has 0 aromatic heterocycles. The van der Waals surface area contributed by atoms with E-state index in [0.717, 1.165) is 32.4 Å². The zero-order valence-corrected chi connectivity index (χ0v) is 13.9. The summed E-state index contributed by atoms with van der Waals surface area (Å²) in [6.45, 7) is 10.4. The molecule has 0 radical (unpaired) electrons. The fraction of sp³-hybridized carbons (Fsp3) is 0.611. The third-order valence-electron chi connectivity index (χ3n) is 4.09. The molecule has 1 unspecified atom stereocenters. The predicted octanol–water partition coefficient (Wildman–Crippen LogP) is 3.81. The number of likely N-dealkylation sites (N-methyl/N-ethyl adjacent to an activating group) is 1. The first-order valence-electron chi connectivity index (χ1n) is 7.99. The van der Waals surface area contributed by atoms with E-state index in [0.29, 0.717) is 0 Å². The highest BCUT2D eigenvalue weighted by Crippen LogP contribution is 2.18. The first-order chi connectivity index (χ1) is 9.97. The number of carboxylic acid groups (broad SMARTS) is 1. The molecule has 21 heavy (non-hydrogen) atoms. The minimum absolute atomic E-state index is 0.0829. The van der Waals surface area contributed by atoms with Crippen molar-refractivity contribution < 1.29 is 9.90 Å². The van der Waals surface area contributed by atoms with Crippen molar-refractivity contribution in [2.24, 2.45) is 0 Å².